The van der Waals surface area contributed by atoms with Gasteiger partial charge in [0.05, 0.1) is 0 Å². The van der Waals surface area contributed by atoms with Gasteiger partial charge in [-0.05, 0) is 35.4 Å². The lowest BCUT2D eigenvalue weighted by molar-refractivity contribution is -0.128. The Balaban J connectivity index is 2.02. The fourth-order valence-electron chi connectivity index (χ4n) is 1.75. The Bertz CT molecular complexity index is 607. The molecule has 0 aliphatic rings. The molecule has 0 saturated carbocycles. The predicted molar refractivity (Wildman–Crippen MR) is 89.5 cm³/mol. The molecule has 110 valence electrons. The molecule has 0 amide bonds. The van der Waals surface area contributed by atoms with Gasteiger partial charge in [0.1, 0.15) is 12.4 Å². The van der Waals surface area contributed by atoms with Crippen molar-refractivity contribution in [2.75, 3.05) is 6.61 Å². The van der Waals surface area contributed by atoms with Crippen molar-refractivity contribution in [3.8, 4) is 16.9 Å². The summed E-state index contributed by atoms with van der Waals surface area (Å²) in [6.45, 7) is 5.81. The molecule has 0 fully saturated rings. The van der Waals surface area contributed by atoms with Crippen LogP contribution in [0.5, 0.6) is 5.75 Å². The Morgan fingerprint density at radius 3 is 1.90 bits per heavy atom. The normalized spacial score (nSPS) is 11.2. The number of rotatable bonds is 4. The van der Waals surface area contributed by atoms with Crippen LogP contribution in [0.3, 0.4) is 0 Å². The van der Waals surface area contributed by atoms with E-state index in [0.29, 0.717) is 5.75 Å². The number of benzene rings is 2. The highest BCUT2D eigenvalue weighted by molar-refractivity contribution is 9.10. The first-order valence-corrected chi connectivity index (χ1v) is 7.68. The van der Waals surface area contributed by atoms with Gasteiger partial charge in [0.25, 0.3) is 0 Å². The number of ketones is 1. The zero-order valence-corrected chi connectivity index (χ0v) is 14.1. The highest BCUT2D eigenvalue weighted by Crippen LogP contribution is 2.24. The molecular formula is C18H19BrO2. The van der Waals surface area contributed by atoms with Crippen molar-refractivity contribution in [2.45, 2.75) is 20.8 Å². The maximum Gasteiger partial charge on any atom is 0.175 e. The summed E-state index contributed by atoms with van der Waals surface area (Å²) in [6, 6.07) is 15.9. The smallest absolute Gasteiger partial charge is 0.175 e. The number of hydrogen-bond donors (Lipinski definition) is 0. The Hall–Kier alpha value is -1.61. The summed E-state index contributed by atoms with van der Waals surface area (Å²) in [5.74, 6) is 0.813. The SMILES string of the molecule is CC(C)(C)C(=O)COc1ccc(-c2ccc(Br)cc2)cc1. The van der Waals surface area contributed by atoms with Crippen LogP contribution in [0.2, 0.25) is 0 Å². The molecule has 0 aliphatic carbocycles. The van der Waals surface area contributed by atoms with E-state index in [-0.39, 0.29) is 17.8 Å². The summed E-state index contributed by atoms with van der Waals surface area (Å²) in [5, 5.41) is 0. The monoisotopic (exact) mass is 346 g/mol. The molecule has 3 heteroatoms. The number of halogens is 1. The second-order valence-corrected chi connectivity index (χ2v) is 6.91. The van der Waals surface area contributed by atoms with Gasteiger partial charge in [0.2, 0.25) is 0 Å². The van der Waals surface area contributed by atoms with Gasteiger partial charge in [-0.15, -0.1) is 0 Å². The molecule has 2 rings (SSSR count). The maximum absolute atomic E-state index is 11.8. The summed E-state index contributed by atoms with van der Waals surface area (Å²) in [4.78, 5) is 11.8. The minimum Gasteiger partial charge on any atom is -0.486 e. The average Bonchev–Trinajstić information content (AvgIpc) is 2.45. The number of hydrogen-bond acceptors (Lipinski definition) is 2. The topological polar surface area (TPSA) is 26.3 Å². The van der Waals surface area contributed by atoms with Crippen LogP contribution < -0.4 is 4.74 Å². The molecule has 0 aromatic heterocycles. The van der Waals surface area contributed by atoms with Gasteiger partial charge in [-0.2, -0.15) is 0 Å². The van der Waals surface area contributed by atoms with Crippen molar-refractivity contribution in [3.05, 3.63) is 53.0 Å². The number of carbonyl (C=O) groups is 1. The molecule has 0 atom stereocenters. The Morgan fingerprint density at radius 1 is 0.952 bits per heavy atom. The third-order valence-electron chi connectivity index (χ3n) is 3.24. The Morgan fingerprint density at radius 2 is 1.43 bits per heavy atom. The molecule has 0 radical (unpaired) electrons. The molecule has 21 heavy (non-hydrogen) atoms. The van der Waals surface area contributed by atoms with Gasteiger partial charge < -0.3 is 4.74 Å². The van der Waals surface area contributed by atoms with Crippen LogP contribution in [0.25, 0.3) is 11.1 Å². The molecule has 2 nitrogen and oxygen atoms in total. The first-order valence-electron chi connectivity index (χ1n) is 6.88. The maximum atomic E-state index is 11.8. The first-order chi connectivity index (χ1) is 9.86. The highest BCUT2D eigenvalue weighted by atomic mass is 79.9. The van der Waals surface area contributed by atoms with Crippen LogP contribution in [-0.2, 0) is 4.79 Å². The van der Waals surface area contributed by atoms with E-state index in [0.717, 1.165) is 15.6 Å². The van der Waals surface area contributed by atoms with Crippen molar-refractivity contribution in [1.82, 2.24) is 0 Å². The van der Waals surface area contributed by atoms with Crippen molar-refractivity contribution in [3.63, 3.8) is 0 Å². The highest BCUT2D eigenvalue weighted by Gasteiger charge is 2.21. The van der Waals surface area contributed by atoms with Crippen molar-refractivity contribution >= 4 is 21.7 Å². The quantitative estimate of drug-likeness (QED) is 0.768. The number of Topliss-reactive ketones (excluding diaryl/α,β-unsaturated/α-hetero) is 1. The predicted octanol–water partition coefficient (Wildman–Crippen LogP) is 5.11. The van der Waals surface area contributed by atoms with Crippen molar-refractivity contribution in [1.29, 1.82) is 0 Å². The van der Waals surface area contributed by atoms with Crippen LogP contribution >= 0.6 is 15.9 Å². The average molecular weight is 347 g/mol. The fraction of sp³-hybridized carbons (Fsp3) is 0.278. The van der Waals surface area contributed by atoms with E-state index in [2.05, 4.69) is 28.1 Å². The van der Waals surface area contributed by atoms with E-state index in [9.17, 15) is 4.79 Å². The second-order valence-electron chi connectivity index (χ2n) is 5.99. The minimum atomic E-state index is -0.364. The lowest BCUT2D eigenvalue weighted by Crippen LogP contribution is -2.26. The van der Waals surface area contributed by atoms with Gasteiger partial charge in [0, 0.05) is 9.89 Å². The summed E-state index contributed by atoms with van der Waals surface area (Å²) in [6.07, 6.45) is 0. The van der Waals surface area contributed by atoms with E-state index in [4.69, 9.17) is 4.74 Å². The molecule has 0 N–H and O–H groups in total. The molecular weight excluding hydrogens is 328 g/mol. The first kappa shape index (κ1) is 15.8. The second kappa shape index (κ2) is 6.44. The molecule has 0 saturated heterocycles. The van der Waals surface area contributed by atoms with Gasteiger partial charge in [-0.25, -0.2) is 0 Å². The standard InChI is InChI=1S/C18H19BrO2/c1-18(2,3)17(20)12-21-16-10-6-14(7-11-16)13-4-8-15(19)9-5-13/h4-11H,12H2,1-3H3. The zero-order valence-electron chi connectivity index (χ0n) is 12.5. The number of carbonyl (C=O) groups excluding carboxylic acids is 1. The summed E-state index contributed by atoms with van der Waals surface area (Å²) in [5.41, 5.74) is 1.91. The number of ether oxygens (including phenoxy) is 1. The molecule has 0 spiro atoms. The lowest BCUT2D eigenvalue weighted by atomic mass is 9.91. The molecule has 0 bridgehead atoms. The van der Waals surface area contributed by atoms with E-state index in [1.807, 2.05) is 57.2 Å². The van der Waals surface area contributed by atoms with Gasteiger partial charge >= 0.3 is 0 Å². The van der Waals surface area contributed by atoms with Crippen LogP contribution in [-0.4, -0.2) is 12.4 Å². The fourth-order valence-corrected chi connectivity index (χ4v) is 2.02. The van der Waals surface area contributed by atoms with Crippen molar-refractivity contribution in [2.24, 2.45) is 5.41 Å². The third-order valence-corrected chi connectivity index (χ3v) is 3.77. The Labute approximate surface area is 134 Å². The van der Waals surface area contributed by atoms with Gasteiger partial charge in [-0.1, -0.05) is 61.0 Å². The molecule has 2 aromatic carbocycles. The largest absolute Gasteiger partial charge is 0.486 e. The van der Waals surface area contributed by atoms with E-state index >= 15 is 0 Å². The van der Waals surface area contributed by atoms with Gasteiger partial charge in [0.15, 0.2) is 5.78 Å². The van der Waals surface area contributed by atoms with Crippen LogP contribution in [0, 0.1) is 5.41 Å². The Kier molecular flexibility index (Phi) is 4.84. The van der Waals surface area contributed by atoms with E-state index in [1.165, 1.54) is 0 Å². The molecule has 0 aliphatic heterocycles. The summed E-state index contributed by atoms with van der Waals surface area (Å²) in [7, 11) is 0. The summed E-state index contributed by atoms with van der Waals surface area (Å²) < 4.78 is 6.61. The molecule has 0 unspecified atom stereocenters. The van der Waals surface area contributed by atoms with Gasteiger partial charge in [-0.3, -0.25) is 4.79 Å². The summed E-state index contributed by atoms with van der Waals surface area (Å²) >= 11 is 3.43. The van der Waals surface area contributed by atoms with Crippen molar-refractivity contribution < 1.29 is 9.53 Å². The molecule has 2 aromatic rings. The lowest BCUT2D eigenvalue weighted by Gasteiger charge is -2.16. The zero-order chi connectivity index (χ0) is 15.5. The van der Waals surface area contributed by atoms with E-state index in [1.54, 1.807) is 0 Å². The molecule has 0 heterocycles. The minimum absolute atomic E-state index is 0.0967. The van der Waals surface area contributed by atoms with Crippen LogP contribution in [0.15, 0.2) is 53.0 Å². The third kappa shape index (κ3) is 4.43. The van der Waals surface area contributed by atoms with Crippen LogP contribution in [0.4, 0.5) is 0 Å². The van der Waals surface area contributed by atoms with Crippen LogP contribution in [0.1, 0.15) is 20.8 Å². The van der Waals surface area contributed by atoms with E-state index < -0.39 is 0 Å².